The molecular formula is C62H42N4. The summed E-state index contributed by atoms with van der Waals surface area (Å²) in [5, 5.41) is 4.75. The predicted octanol–water partition coefficient (Wildman–Crippen LogP) is 16.2. The van der Waals surface area contributed by atoms with E-state index in [1.165, 1.54) is 21.5 Å². The van der Waals surface area contributed by atoms with Crippen LogP contribution in [0.5, 0.6) is 0 Å². The minimum Gasteiger partial charge on any atom is -0.310 e. The molecule has 12 rings (SSSR count). The fourth-order valence-electron chi connectivity index (χ4n) is 9.51. The van der Waals surface area contributed by atoms with Crippen molar-refractivity contribution >= 4 is 77.7 Å². The molecule has 0 N–H and O–H groups in total. The Balaban J connectivity index is 0.982. The molecule has 0 aliphatic rings. The van der Waals surface area contributed by atoms with E-state index in [2.05, 4.69) is 286 Å². The Morgan fingerprint density at radius 3 is 0.833 bits per heavy atom. The van der Waals surface area contributed by atoms with Gasteiger partial charge in [0.15, 0.2) is 0 Å². The second kappa shape index (κ2) is 16.6. The van der Waals surface area contributed by atoms with Crippen LogP contribution in [0.25, 0.3) is 55.0 Å². The standard InChI is InChI=1S/C62H42N4/c1-7-19-47(20-8-1)63(48-21-9-2-10-22-48)53-35-39-57-55-37-33-45(41-59(55)65(61(57)43-53)51-27-15-5-16-28-51)31-32-46-34-38-56-58-40-36-54(44-62(58)66(60(56)42-46)52-29-17-6-18-30-52)64(49-23-11-3-12-24-49)50-25-13-4-14-26-50/h1-30,33-44H. The third-order valence-electron chi connectivity index (χ3n) is 12.5. The fourth-order valence-corrected chi connectivity index (χ4v) is 9.51. The second-order valence-electron chi connectivity index (χ2n) is 16.5. The maximum absolute atomic E-state index is 3.58. The van der Waals surface area contributed by atoms with Gasteiger partial charge in [0.25, 0.3) is 0 Å². The van der Waals surface area contributed by atoms with E-state index in [1.54, 1.807) is 0 Å². The summed E-state index contributed by atoms with van der Waals surface area (Å²) in [6.07, 6.45) is 0. The van der Waals surface area contributed by atoms with Gasteiger partial charge in [-0.15, -0.1) is 0 Å². The number of benzene rings is 10. The summed E-state index contributed by atoms with van der Waals surface area (Å²) in [4.78, 5) is 4.64. The van der Waals surface area contributed by atoms with Crippen LogP contribution < -0.4 is 9.80 Å². The van der Waals surface area contributed by atoms with Crippen LogP contribution in [0.1, 0.15) is 11.1 Å². The monoisotopic (exact) mass is 842 g/mol. The van der Waals surface area contributed by atoms with Crippen molar-refractivity contribution in [1.82, 2.24) is 9.13 Å². The van der Waals surface area contributed by atoms with Gasteiger partial charge in [0.1, 0.15) is 0 Å². The Hall–Kier alpha value is -9.04. The van der Waals surface area contributed by atoms with Crippen LogP contribution in [0.4, 0.5) is 34.1 Å². The SMILES string of the molecule is C(#Cc1ccc2c3ccc(N(c4ccccc4)c4ccccc4)cc3n(-c3ccccc3)c2c1)c1ccc2c3ccc(N(c4ccccc4)c4ccccc4)cc3n(-c3ccccc3)c2c1. The minimum atomic E-state index is 0.952. The molecule has 310 valence electrons. The molecule has 4 nitrogen and oxygen atoms in total. The van der Waals surface area contributed by atoms with Crippen molar-refractivity contribution in [3.8, 4) is 23.2 Å². The number of hydrogen-bond acceptors (Lipinski definition) is 2. The van der Waals surface area contributed by atoms with Crippen LogP contribution in [0, 0.1) is 11.8 Å². The first-order valence-corrected chi connectivity index (χ1v) is 22.3. The van der Waals surface area contributed by atoms with E-state index in [4.69, 9.17) is 0 Å². The summed E-state index contributed by atoms with van der Waals surface area (Å²) in [5.74, 6) is 7.16. The molecule has 0 bridgehead atoms. The summed E-state index contributed by atoms with van der Waals surface area (Å²) in [6.45, 7) is 0. The highest BCUT2D eigenvalue weighted by Crippen LogP contribution is 2.42. The second-order valence-corrected chi connectivity index (χ2v) is 16.5. The zero-order valence-corrected chi connectivity index (χ0v) is 36.0. The highest BCUT2D eigenvalue weighted by Gasteiger charge is 2.20. The largest absolute Gasteiger partial charge is 0.310 e. The average molecular weight is 843 g/mol. The molecule has 4 heteroatoms. The molecule has 0 radical (unpaired) electrons. The Morgan fingerprint density at radius 1 is 0.242 bits per heavy atom. The van der Waals surface area contributed by atoms with Gasteiger partial charge in [-0.25, -0.2) is 0 Å². The van der Waals surface area contributed by atoms with E-state index in [0.717, 1.165) is 78.7 Å². The van der Waals surface area contributed by atoms with Gasteiger partial charge in [-0.2, -0.15) is 0 Å². The minimum absolute atomic E-state index is 0.952. The summed E-state index contributed by atoms with van der Waals surface area (Å²) in [7, 11) is 0. The van der Waals surface area contributed by atoms with E-state index < -0.39 is 0 Å². The number of nitrogens with zero attached hydrogens (tertiary/aromatic N) is 4. The highest BCUT2D eigenvalue weighted by molar-refractivity contribution is 6.12. The van der Waals surface area contributed by atoms with Crippen molar-refractivity contribution in [3.63, 3.8) is 0 Å². The van der Waals surface area contributed by atoms with Crippen LogP contribution in [-0.2, 0) is 0 Å². The smallest absolute Gasteiger partial charge is 0.0561 e. The normalized spacial score (nSPS) is 11.2. The molecule has 0 saturated heterocycles. The molecular weight excluding hydrogens is 801 g/mol. The molecule has 10 aromatic carbocycles. The van der Waals surface area contributed by atoms with Crippen molar-refractivity contribution in [2.75, 3.05) is 9.80 Å². The zero-order valence-electron chi connectivity index (χ0n) is 36.0. The van der Waals surface area contributed by atoms with Crippen LogP contribution in [0.2, 0.25) is 0 Å². The van der Waals surface area contributed by atoms with E-state index in [1.807, 2.05) is 0 Å². The average Bonchev–Trinajstić information content (AvgIpc) is 3.89. The lowest BCUT2D eigenvalue weighted by atomic mass is 10.1. The number of rotatable bonds is 8. The molecule has 0 spiro atoms. The van der Waals surface area contributed by atoms with Gasteiger partial charge in [0.2, 0.25) is 0 Å². The first-order chi connectivity index (χ1) is 32.7. The van der Waals surface area contributed by atoms with Crippen molar-refractivity contribution in [3.05, 3.63) is 266 Å². The lowest BCUT2D eigenvalue weighted by molar-refractivity contribution is 1.17. The van der Waals surface area contributed by atoms with Gasteiger partial charge < -0.3 is 18.9 Å². The van der Waals surface area contributed by atoms with E-state index >= 15 is 0 Å². The number of aromatic nitrogens is 2. The highest BCUT2D eigenvalue weighted by atomic mass is 15.2. The third kappa shape index (κ3) is 6.93. The maximum atomic E-state index is 3.58. The maximum Gasteiger partial charge on any atom is 0.0561 e. The fraction of sp³-hybridized carbons (Fsp3) is 0. The van der Waals surface area contributed by atoms with E-state index in [9.17, 15) is 0 Å². The van der Waals surface area contributed by atoms with Gasteiger partial charge >= 0.3 is 0 Å². The molecule has 0 unspecified atom stereocenters. The molecule has 0 aliphatic carbocycles. The van der Waals surface area contributed by atoms with Crippen LogP contribution >= 0.6 is 0 Å². The number of fused-ring (bicyclic) bond motifs is 6. The van der Waals surface area contributed by atoms with Gasteiger partial charge in [0, 0.05) is 78.2 Å². The van der Waals surface area contributed by atoms with Crippen molar-refractivity contribution in [1.29, 1.82) is 0 Å². The Kier molecular flexibility index (Phi) is 9.70. The number of para-hydroxylation sites is 6. The predicted molar refractivity (Wildman–Crippen MR) is 277 cm³/mol. The Labute approximate surface area is 384 Å². The molecule has 2 aromatic heterocycles. The lowest BCUT2D eigenvalue weighted by Crippen LogP contribution is -2.09. The molecule has 12 aromatic rings. The summed E-state index contributed by atoms with van der Waals surface area (Å²) < 4.78 is 4.76. The first kappa shape index (κ1) is 38.6. The van der Waals surface area contributed by atoms with Crippen LogP contribution in [-0.4, -0.2) is 9.13 Å². The first-order valence-electron chi connectivity index (χ1n) is 22.3. The molecule has 0 saturated carbocycles. The molecule has 0 atom stereocenters. The molecule has 66 heavy (non-hydrogen) atoms. The quantitative estimate of drug-likeness (QED) is 0.142. The van der Waals surface area contributed by atoms with Gasteiger partial charge in [0.05, 0.1) is 22.1 Å². The van der Waals surface area contributed by atoms with Crippen molar-refractivity contribution in [2.45, 2.75) is 0 Å². The van der Waals surface area contributed by atoms with E-state index in [-0.39, 0.29) is 0 Å². The molecule has 0 amide bonds. The van der Waals surface area contributed by atoms with E-state index in [0.29, 0.717) is 0 Å². The summed E-state index contributed by atoms with van der Waals surface area (Å²) in [6, 6.07) is 90.5. The lowest BCUT2D eigenvalue weighted by Gasteiger charge is -2.25. The Morgan fingerprint density at radius 2 is 0.515 bits per heavy atom. The zero-order chi connectivity index (χ0) is 43.8. The van der Waals surface area contributed by atoms with Crippen LogP contribution in [0.3, 0.4) is 0 Å². The van der Waals surface area contributed by atoms with Gasteiger partial charge in [-0.05, 0) is 121 Å². The number of anilines is 6. The van der Waals surface area contributed by atoms with Crippen molar-refractivity contribution in [2.24, 2.45) is 0 Å². The number of hydrogen-bond donors (Lipinski definition) is 0. The summed E-state index contributed by atoms with van der Waals surface area (Å²) >= 11 is 0. The topological polar surface area (TPSA) is 16.3 Å². The van der Waals surface area contributed by atoms with Crippen molar-refractivity contribution < 1.29 is 0 Å². The molecule has 0 fully saturated rings. The molecule has 0 aliphatic heterocycles. The Bertz CT molecular complexity index is 3410. The van der Waals surface area contributed by atoms with Gasteiger partial charge in [-0.1, -0.05) is 145 Å². The van der Waals surface area contributed by atoms with Gasteiger partial charge in [-0.3, -0.25) is 0 Å². The summed E-state index contributed by atoms with van der Waals surface area (Å²) in [5.41, 5.74) is 15.2. The molecule has 2 heterocycles. The third-order valence-corrected chi connectivity index (χ3v) is 12.5. The van der Waals surface area contributed by atoms with Crippen LogP contribution in [0.15, 0.2) is 255 Å².